The van der Waals surface area contributed by atoms with Crippen molar-refractivity contribution in [3.05, 3.63) is 27.7 Å². The van der Waals surface area contributed by atoms with E-state index in [0.717, 1.165) is 32.5 Å². The molecule has 4 nitrogen and oxygen atoms in total. The standard InChI is InChI=1S/C14H19Cl2N3O/c1-2-19-5-3-10(4-6-19)18-14(20)11-7-9(17)8-12(15)13(11)16/h7-8,10H,2-6,17H2,1H3,(H,18,20). The molecule has 1 aliphatic heterocycles. The van der Waals surface area contributed by atoms with Crippen LogP contribution in [-0.2, 0) is 0 Å². The van der Waals surface area contributed by atoms with Gasteiger partial charge in [-0.15, -0.1) is 0 Å². The van der Waals surface area contributed by atoms with Crippen molar-refractivity contribution in [1.82, 2.24) is 10.2 Å². The number of anilines is 1. The summed E-state index contributed by atoms with van der Waals surface area (Å²) in [6.45, 7) is 5.21. The van der Waals surface area contributed by atoms with Gasteiger partial charge in [0.25, 0.3) is 5.91 Å². The monoisotopic (exact) mass is 315 g/mol. The highest BCUT2D eigenvalue weighted by Gasteiger charge is 2.22. The number of nitrogens with one attached hydrogen (secondary N) is 1. The summed E-state index contributed by atoms with van der Waals surface area (Å²) < 4.78 is 0. The molecule has 110 valence electrons. The number of rotatable bonds is 3. The van der Waals surface area contributed by atoms with Gasteiger partial charge in [0.15, 0.2) is 0 Å². The molecule has 1 aliphatic rings. The number of hydrogen-bond donors (Lipinski definition) is 2. The lowest BCUT2D eigenvalue weighted by molar-refractivity contribution is 0.0913. The molecule has 20 heavy (non-hydrogen) atoms. The summed E-state index contributed by atoms with van der Waals surface area (Å²) in [5, 5.41) is 3.57. The number of hydrogen-bond acceptors (Lipinski definition) is 3. The van der Waals surface area contributed by atoms with E-state index in [9.17, 15) is 4.79 Å². The predicted molar refractivity (Wildman–Crippen MR) is 83.5 cm³/mol. The van der Waals surface area contributed by atoms with E-state index in [-0.39, 0.29) is 17.0 Å². The van der Waals surface area contributed by atoms with Crippen LogP contribution in [0, 0.1) is 0 Å². The smallest absolute Gasteiger partial charge is 0.253 e. The van der Waals surface area contributed by atoms with Crippen LogP contribution in [0.3, 0.4) is 0 Å². The van der Waals surface area contributed by atoms with E-state index in [1.54, 1.807) is 12.1 Å². The van der Waals surface area contributed by atoms with Gasteiger partial charge in [0.2, 0.25) is 0 Å². The first-order valence-electron chi connectivity index (χ1n) is 6.79. The van der Waals surface area contributed by atoms with Crippen LogP contribution in [0.2, 0.25) is 10.0 Å². The minimum Gasteiger partial charge on any atom is -0.399 e. The van der Waals surface area contributed by atoms with Gasteiger partial charge in [-0.05, 0) is 31.5 Å². The second-order valence-electron chi connectivity index (χ2n) is 5.05. The highest BCUT2D eigenvalue weighted by molar-refractivity contribution is 6.44. The van der Waals surface area contributed by atoms with Crippen molar-refractivity contribution < 1.29 is 4.79 Å². The van der Waals surface area contributed by atoms with Crippen LogP contribution in [-0.4, -0.2) is 36.5 Å². The highest BCUT2D eigenvalue weighted by atomic mass is 35.5. The lowest BCUT2D eigenvalue weighted by Crippen LogP contribution is -2.44. The highest BCUT2D eigenvalue weighted by Crippen LogP contribution is 2.28. The number of benzene rings is 1. The van der Waals surface area contributed by atoms with Crippen molar-refractivity contribution in [3.63, 3.8) is 0 Å². The lowest BCUT2D eigenvalue weighted by atomic mass is 10.0. The van der Waals surface area contributed by atoms with Crippen LogP contribution in [0.4, 0.5) is 5.69 Å². The average Bonchev–Trinajstić information content (AvgIpc) is 2.43. The van der Waals surface area contributed by atoms with Crippen molar-refractivity contribution in [2.75, 3.05) is 25.4 Å². The fraction of sp³-hybridized carbons (Fsp3) is 0.500. The third kappa shape index (κ3) is 3.57. The molecule has 0 atom stereocenters. The number of nitrogen functional groups attached to an aromatic ring is 1. The summed E-state index contributed by atoms with van der Waals surface area (Å²) in [5.74, 6) is -0.209. The maximum atomic E-state index is 12.3. The van der Waals surface area contributed by atoms with Gasteiger partial charge in [-0.25, -0.2) is 0 Å². The Bertz CT molecular complexity index is 499. The van der Waals surface area contributed by atoms with Crippen molar-refractivity contribution in [2.45, 2.75) is 25.8 Å². The summed E-state index contributed by atoms with van der Waals surface area (Å²) in [6.07, 6.45) is 1.90. The van der Waals surface area contributed by atoms with Crippen LogP contribution in [0.5, 0.6) is 0 Å². The largest absolute Gasteiger partial charge is 0.399 e. The molecule has 0 aromatic heterocycles. The molecule has 0 spiro atoms. The number of amides is 1. The van der Waals surface area contributed by atoms with Crippen LogP contribution >= 0.6 is 23.2 Å². The molecule has 1 aromatic carbocycles. The molecule has 0 radical (unpaired) electrons. The van der Waals surface area contributed by atoms with Gasteiger partial charge in [0, 0.05) is 24.8 Å². The van der Waals surface area contributed by atoms with Crippen LogP contribution in [0.1, 0.15) is 30.1 Å². The molecule has 0 saturated carbocycles. The quantitative estimate of drug-likeness (QED) is 0.843. The zero-order chi connectivity index (χ0) is 14.7. The number of carbonyl (C=O) groups excluding carboxylic acids is 1. The molecule has 0 bridgehead atoms. The minimum atomic E-state index is -0.209. The Hall–Kier alpha value is -0.970. The van der Waals surface area contributed by atoms with Crippen molar-refractivity contribution in [2.24, 2.45) is 0 Å². The Labute approximate surface area is 129 Å². The number of carbonyl (C=O) groups is 1. The minimum absolute atomic E-state index is 0.182. The van der Waals surface area contributed by atoms with Gasteiger partial charge in [0.05, 0.1) is 15.6 Å². The van der Waals surface area contributed by atoms with Crippen molar-refractivity contribution in [1.29, 1.82) is 0 Å². The SMILES string of the molecule is CCN1CCC(NC(=O)c2cc(N)cc(Cl)c2Cl)CC1. The number of halogens is 2. The van der Waals surface area contributed by atoms with E-state index in [4.69, 9.17) is 28.9 Å². The number of piperidine rings is 1. The van der Waals surface area contributed by atoms with E-state index in [2.05, 4.69) is 17.1 Å². The zero-order valence-electron chi connectivity index (χ0n) is 11.5. The summed E-state index contributed by atoms with van der Waals surface area (Å²) in [5.41, 5.74) is 6.48. The third-order valence-corrected chi connectivity index (χ3v) is 4.47. The maximum Gasteiger partial charge on any atom is 0.253 e. The Morgan fingerprint density at radius 3 is 2.65 bits per heavy atom. The predicted octanol–water partition coefficient (Wildman–Crippen LogP) is 2.79. The van der Waals surface area contributed by atoms with Gasteiger partial charge in [-0.2, -0.15) is 0 Å². The second-order valence-corrected chi connectivity index (χ2v) is 5.83. The Morgan fingerprint density at radius 1 is 1.40 bits per heavy atom. The molecule has 1 fully saturated rings. The lowest BCUT2D eigenvalue weighted by Gasteiger charge is -2.31. The number of nitrogens with two attached hydrogens (primary N) is 1. The van der Waals surface area contributed by atoms with Crippen LogP contribution < -0.4 is 11.1 Å². The van der Waals surface area contributed by atoms with Gasteiger partial charge in [0.1, 0.15) is 0 Å². The van der Waals surface area contributed by atoms with E-state index < -0.39 is 0 Å². The Balaban J connectivity index is 2.02. The third-order valence-electron chi connectivity index (χ3n) is 3.67. The molecule has 0 aliphatic carbocycles. The summed E-state index contributed by atoms with van der Waals surface area (Å²) in [4.78, 5) is 14.6. The second kappa shape index (κ2) is 6.66. The fourth-order valence-electron chi connectivity index (χ4n) is 2.43. The van der Waals surface area contributed by atoms with Crippen LogP contribution in [0.25, 0.3) is 0 Å². The number of nitrogens with zero attached hydrogens (tertiary/aromatic N) is 1. The molecule has 1 amide bonds. The molecule has 1 saturated heterocycles. The first kappa shape index (κ1) is 15.4. The van der Waals surface area contributed by atoms with E-state index in [1.807, 2.05) is 0 Å². The topological polar surface area (TPSA) is 58.4 Å². The maximum absolute atomic E-state index is 12.3. The van der Waals surface area contributed by atoms with Crippen molar-refractivity contribution >= 4 is 34.8 Å². The van der Waals surface area contributed by atoms with Gasteiger partial charge in [-0.3, -0.25) is 4.79 Å². The van der Waals surface area contributed by atoms with Gasteiger partial charge in [-0.1, -0.05) is 30.1 Å². The summed E-state index contributed by atoms with van der Waals surface area (Å²) in [6, 6.07) is 3.28. The molecule has 0 unspecified atom stereocenters. The number of likely N-dealkylation sites (tertiary alicyclic amines) is 1. The van der Waals surface area contributed by atoms with Gasteiger partial charge < -0.3 is 16.0 Å². The molecular weight excluding hydrogens is 297 g/mol. The molecule has 1 aromatic rings. The first-order valence-corrected chi connectivity index (χ1v) is 7.54. The van der Waals surface area contributed by atoms with E-state index in [0.29, 0.717) is 16.3 Å². The molecular formula is C14H19Cl2N3O. The summed E-state index contributed by atoms with van der Waals surface area (Å²) in [7, 11) is 0. The van der Waals surface area contributed by atoms with E-state index >= 15 is 0 Å². The molecule has 1 heterocycles. The zero-order valence-corrected chi connectivity index (χ0v) is 13.0. The summed E-state index contributed by atoms with van der Waals surface area (Å²) >= 11 is 12.0. The first-order chi connectivity index (χ1) is 9.51. The van der Waals surface area contributed by atoms with Crippen molar-refractivity contribution in [3.8, 4) is 0 Å². The average molecular weight is 316 g/mol. The van der Waals surface area contributed by atoms with E-state index in [1.165, 1.54) is 0 Å². The normalized spacial score (nSPS) is 17.1. The fourth-order valence-corrected chi connectivity index (χ4v) is 2.85. The van der Waals surface area contributed by atoms with Crippen LogP contribution in [0.15, 0.2) is 12.1 Å². The Kier molecular flexibility index (Phi) is 5.13. The molecule has 6 heteroatoms. The van der Waals surface area contributed by atoms with Gasteiger partial charge >= 0.3 is 0 Å². The Morgan fingerprint density at radius 2 is 2.05 bits per heavy atom. The molecule has 2 rings (SSSR count). The molecule has 3 N–H and O–H groups in total.